The zero-order valence-corrected chi connectivity index (χ0v) is 30.4. The molecular formula is C45H48N6O. The smallest absolute Gasteiger partial charge is 0.258 e. The largest absolute Gasteiger partial charge is 0.398 e. The molecule has 0 amide bonds. The molecule has 3 heterocycles. The molecule has 0 atom stereocenters. The lowest BCUT2D eigenvalue weighted by atomic mass is 9.79. The van der Waals surface area contributed by atoms with E-state index in [0.717, 1.165) is 62.3 Å². The summed E-state index contributed by atoms with van der Waals surface area (Å²) in [5.74, 6) is 1.17. The maximum atomic E-state index is 11.1. The zero-order valence-electron chi connectivity index (χ0n) is 30.4. The number of aromatic nitrogens is 3. The number of benzene rings is 4. The highest BCUT2D eigenvalue weighted by Crippen LogP contribution is 2.40. The standard InChI is InChI=1S/C37H42N4.C8H6N2O/c1-25-26(2)37(39-36-13-6-5-11-30(25)36)41-21-19-40(20-22-41)18-8-7-10-29-23-28-15-17-32-31-12-4-3-9-27(31)14-16-33(32)34(28)24-35(29)38;11-8-6-3-1-2-4-7(6)9-5-10-8/h4-6,11-13,15,17,23-24H,3,7-10,14,16,18-22,38H2,1-2H3;1-5H,(H,9,10,11). The van der Waals surface area contributed by atoms with Crippen molar-refractivity contribution in [1.82, 2.24) is 19.9 Å². The monoisotopic (exact) mass is 688 g/mol. The molecule has 264 valence electrons. The van der Waals surface area contributed by atoms with E-state index in [1.807, 2.05) is 18.2 Å². The summed E-state index contributed by atoms with van der Waals surface area (Å²) >= 11 is 0. The molecule has 1 saturated heterocycles. The van der Waals surface area contributed by atoms with Gasteiger partial charge in [0.05, 0.1) is 22.7 Å². The quantitative estimate of drug-likeness (QED) is 0.134. The summed E-state index contributed by atoms with van der Waals surface area (Å²) in [6, 6.07) is 25.1. The first-order valence-electron chi connectivity index (χ1n) is 18.9. The van der Waals surface area contributed by atoms with E-state index >= 15 is 0 Å². The molecule has 2 aliphatic carbocycles. The van der Waals surface area contributed by atoms with Crippen LogP contribution in [0.3, 0.4) is 0 Å². The number of nitrogens with one attached hydrogen (secondary N) is 1. The number of rotatable bonds is 6. The Labute approximate surface area is 305 Å². The van der Waals surface area contributed by atoms with E-state index in [2.05, 4.69) is 94.3 Å². The molecule has 0 unspecified atom stereocenters. The van der Waals surface area contributed by atoms with E-state index in [4.69, 9.17) is 10.7 Å². The van der Waals surface area contributed by atoms with Gasteiger partial charge in [-0.15, -0.1) is 0 Å². The van der Waals surface area contributed by atoms with Crippen molar-refractivity contribution in [2.45, 2.75) is 58.8 Å². The van der Waals surface area contributed by atoms with Crippen LogP contribution in [0.2, 0.25) is 0 Å². The summed E-state index contributed by atoms with van der Waals surface area (Å²) in [7, 11) is 0. The number of aryl methyl sites for hydroxylation is 3. The maximum absolute atomic E-state index is 11.1. The molecule has 7 nitrogen and oxygen atoms in total. The normalized spacial score (nSPS) is 15.8. The lowest BCUT2D eigenvalue weighted by Crippen LogP contribution is -2.47. The van der Waals surface area contributed by atoms with Crippen molar-refractivity contribution in [2.75, 3.05) is 43.4 Å². The number of unbranched alkanes of at least 4 members (excludes halogenated alkanes) is 1. The first-order chi connectivity index (χ1) is 25.4. The molecule has 3 N–H and O–H groups in total. The lowest BCUT2D eigenvalue weighted by molar-refractivity contribution is 0.252. The number of aromatic amines is 1. The molecule has 2 aromatic heterocycles. The van der Waals surface area contributed by atoms with E-state index in [1.165, 1.54) is 93.8 Å². The number of nitrogens with zero attached hydrogens (tertiary/aromatic N) is 4. The van der Waals surface area contributed by atoms with Gasteiger partial charge in [0.15, 0.2) is 0 Å². The zero-order chi connectivity index (χ0) is 35.6. The minimum Gasteiger partial charge on any atom is -0.398 e. The van der Waals surface area contributed by atoms with E-state index in [9.17, 15) is 4.79 Å². The first kappa shape index (κ1) is 33.9. The summed E-state index contributed by atoms with van der Waals surface area (Å²) in [6.07, 6.45) is 14.3. The number of anilines is 2. The van der Waals surface area contributed by atoms with Crippen LogP contribution in [-0.2, 0) is 12.8 Å². The maximum Gasteiger partial charge on any atom is 0.258 e. The first-order valence-corrected chi connectivity index (χ1v) is 18.9. The highest BCUT2D eigenvalue weighted by Gasteiger charge is 2.22. The predicted octanol–water partition coefficient (Wildman–Crippen LogP) is 8.70. The average Bonchev–Trinajstić information content (AvgIpc) is 3.18. The van der Waals surface area contributed by atoms with Crippen molar-refractivity contribution in [3.05, 3.63) is 135 Å². The number of para-hydroxylation sites is 2. The van der Waals surface area contributed by atoms with E-state index in [0.29, 0.717) is 5.39 Å². The van der Waals surface area contributed by atoms with Crippen molar-refractivity contribution in [2.24, 2.45) is 0 Å². The summed E-state index contributed by atoms with van der Waals surface area (Å²) in [5, 5.41) is 4.61. The van der Waals surface area contributed by atoms with Crippen LogP contribution in [0.5, 0.6) is 0 Å². The average molecular weight is 689 g/mol. The third kappa shape index (κ3) is 6.73. The number of fused-ring (bicyclic) bond motifs is 6. The summed E-state index contributed by atoms with van der Waals surface area (Å²) in [6.45, 7) is 9.90. The SMILES string of the molecule is Cc1c(N2CCN(CCCCc3cc4ccc5c(c4cc3N)CCC3=C5C=CCC3)CC2)nc2ccccc2c1C.O=c1[nH]cnc2ccccc12. The second-order valence-electron chi connectivity index (χ2n) is 14.6. The molecule has 52 heavy (non-hydrogen) atoms. The van der Waals surface area contributed by atoms with Crippen molar-refractivity contribution in [1.29, 1.82) is 0 Å². The van der Waals surface area contributed by atoms with Crippen molar-refractivity contribution < 1.29 is 0 Å². The minimum absolute atomic E-state index is 0.0874. The van der Waals surface area contributed by atoms with Crippen LogP contribution in [0.25, 0.3) is 38.2 Å². The second-order valence-corrected chi connectivity index (χ2v) is 14.6. The molecule has 9 rings (SSSR count). The number of piperazine rings is 1. The third-order valence-corrected chi connectivity index (χ3v) is 11.5. The Morgan fingerprint density at radius 2 is 1.60 bits per heavy atom. The molecule has 0 bridgehead atoms. The molecule has 1 fully saturated rings. The van der Waals surface area contributed by atoms with Crippen LogP contribution in [-0.4, -0.2) is 52.6 Å². The van der Waals surface area contributed by atoms with E-state index < -0.39 is 0 Å². The van der Waals surface area contributed by atoms with Gasteiger partial charge in [0, 0.05) is 37.3 Å². The van der Waals surface area contributed by atoms with Crippen LogP contribution in [0.4, 0.5) is 11.5 Å². The van der Waals surface area contributed by atoms with Crippen LogP contribution in [0, 0.1) is 13.8 Å². The van der Waals surface area contributed by atoms with Gasteiger partial charge in [-0.05, 0) is 140 Å². The van der Waals surface area contributed by atoms with E-state index in [1.54, 1.807) is 11.6 Å². The number of nitrogen functional groups attached to an aromatic ring is 1. The van der Waals surface area contributed by atoms with Crippen LogP contribution < -0.4 is 16.2 Å². The van der Waals surface area contributed by atoms with Gasteiger partial charge in [-0.3, -0.25) is 9.69 Å². The number of hydrogen-bond donors (Lipinski definition) is 2. The fourth-order valence-corrected chi connectivity index (χ4v) is 8.38. The fraction of sp³-hybridized carbons (Fsp3) is 0.311. The number of H-pyrrole nitrogens is 1. The van der Waals surface area contributed by atoms with Crippen LogP contribution >= 0.6 is 0 Å². The fourth-order valence-electron chi connectivity index (χ4n) is 8.38. The summed E-state index contributed by atoms with van der Waals surface area (Å²) in [4.78, 5) is 27.7. The number of nitrogens with two attached hydrogens (primary N) is 1. The summed E-state index contributed by atoms with van der Waals surface area (Å²) in [5.41, 5.74) is 19.4. The number of pyridine rings is 1. The predicted molar refractivity (Wildman–Crippen MR) is 217 cm³/mol. The Bertz CT molecular complexity index is 2390. The second kappa shape index (κ2) is 14.8. The molecule has 4 aromatic carbocycles. The van der Waals surface area contributed by atoms with Crippen molar-refractivity contribution in [3.63, 3.8) is 0 Å². The minimum atomic E-state index is -0.0874. The molecule has 3 aliphatic rings. The molecule has 0 saturated carbocycles. The molecule has 0 radical (unpaired) electrons. The Hall–Kier alpha value is -5.27. The lowest BCUT2D eigenvalue weighted by Gasteiger charge is -2.36. The molecular weight excluding hydrogens is 641 g/mol. The van der Waals surface area contributed by atoms with Crippen LogP contribution in [0.15, 0.2) is 102 Å². The highest BCUT2D eigenvalue weighted by atomic mass is 16.1. The van der Waals surface area contributed by atoms with E-state index in [-0.39, 0.29) is 5.56 Å². The van der Waals surface area contributed by atoms with Crippen molar-refractivity contribution in [3.8, 4) is 0 Å². The Morgan fingerprint density at radius 3 is 2.42 bits per heavy atom. The van der Waals surface area contributed by atoms with Crippen LogP contribution in [0.1, 0.15) is 59.9 Å². The molecule has 0 spiro atoms. The van der Waals surface area contributed by atoms with Gasteiger partial charge in [0.2, 0.25) is 0 Å². The topological polar surface area (TPSA) is 91.1 Å². The molecule has 1 aliphatic heterocycles. The Kier molecular flexibility index (Phi) is 9.61. The molecule has 6 aromatic rings. The Morgan fingerprint density at radius 1 is 0.808 bits per heavy atom. The van der Waals surface area contributed by atoms with Gasteiger partial charge in [0.1, 0.15) is 5.82 Å². The van der Waals surface area contributed by atoms with Gasteiger partial charge in [-0.1, -0.05) is 60.2 Å². The third-order valence-electron chi connectivity index (χ3n) is 11.5. The van der Waals surface area contributed by atoms with Gasteiger partial charge in [-0.2, -0.15) is 0 Å². The van der Waals surface area contributed by atoms with Crippen molar-refractivity contribution >= 4 is 49.7 Å². The van der Waals surface area contributed by atoms with Gasteiger partial charge in [-0.25, -0.2) is 9.97 Å². The van der Waals surface area contributed by atoms with Gasteiger partial charge in [0.25, 0.3) is 5.56 Å². The molecule has 7 heteroatoms. The summed E-state index contributed by atoms with van der Waals surface area (Å²) < 4.78 is 0. The number of hydrogen-bond acceptors (Lipinski definition) is 6. The number of allylic oxidation sites excluding steroid dienone is 4. The van der Waals surface area contributed by atoms with Gasteiger partial charge < -0.3 is 15.6 Å². The van der Waals surface area contributed by atoms with Gasteiger partial charge >= 0.3 is 0 Å². The Balaban J connectivity index is 0.000000299. The highest BCUT2D eigenvalue weighted by molar-refractivity contribution is 5.96.